The van der Waals surface area contributed by atoms with Gasteiger partial charge in [0.15, 0.2) is 0 Å². The second-order valence-corrected chi connectivity index (χ2v) is 8.91. The van der Waals surface area contributed by atoms with Crippen LogP contribution < -0.4 is 0 Å². The molecule has 4 aliphatic rings. The topological polar surface area (TPSA) is 0 Å². The standard InChI is InChI=1S/C26H34/c1-19-10-6-7-13-22(19)16-20(2)26(21-11-4-3-5-12-21)25-17-23-14-8-9-15-24(23)18-25/h6-10,13-15,17,19-20,22,24-25H,3-5,11-12,16,18H2,1-2H3. The molecule has 0 spiro atoms. The van der Waals surface area contributed by atoms with Crippen molar-refractivity contribution < 1.29 is 0 Å². The minimum Gasteiger partial charge on any atom is -0.0811 e. The van der Waals surface area contributed by atoms with Gasteiger partial charge in [-0.1, -0.05) is 86.1 Å². The summed E-state index contributed by atoms with van der Waals surface area (Å²) in [4.78, 5) is 0. The summed E-state index contributed by atoms with van der Waals surface area (Å²) in [7, 11) is 0. The van der Waals surface area contributed by atoms with E-state index in [0.29, 0.717) is 29.6 Å². The highest BCUT2D eigenvalue weighted by Crippen LogP contribution is 2.45. The third kappa shape index (κ3) is 3.75. The summed E-state index contributed by atoms with van der Waals surface area (Å²) < 4.78 is 0. The molecule has 0 heterocycles. The van der Waals surface area contributed by atoms with Gasteiger partial charge in [-0.2, -0.15) is 0 Å². The van der Waals surface area contributed by atoms with Crippen LogP contribution in [0.25, 0.3) is 0 Å². The van der Waals surface area contributed by atoms with E-state index < -0.39 is 0 Å². The van der Waals surface area contributed by atoms with E-state index in [4.69, 9.17) is 0 Å². The molecule has 0 bridgehead atoms. The van der Waals surface area contributed by atoms with Gasteiger partial charge in [0.25, 0.3) is 0 Å². The van der Waals surface area contributed by atoms with Crippen LogP contribution in [0.4, 0.5) is 0 Å². The highest BCUT2D eigenvalue weighted by atomic mass is 14.4. The van der Waals surface area contributed by atoms with E-state index in [9.17, 15) is 0 Å². The summed E-state index contributed by atoms with van der Waals surface area (Å²) in [6.45, 7) is 4.90. The van der Waals surface area contributed by atoms with Crippen molar-refractivity contribution in [2.45, 2.75) is 58.8 Å². The van der Waals surface area contributed by atoms with E-state index in [-0.39, 0.29) is 0 Å². The van der Waals surface area contributed by atoms with Gasteiger partial charge in [-0.3, -0.25) is 0 Å². The maximum Gasteiger partial charge on any atom is 0.00268 e. The van der Waals surface area contributed by atoms with Gasteiger partial charge in [0.1, 0.15) is 0 Å². The predicted molar refractivity (Wildman–Crippen MR) is 113 cm³/mol. The van der Waals surface area contributed by atoms with Crippen LogP contribution in [-0.4, -0.2) is 0 Å². The Labute approximate surface area is 160 Å². The number of hydrogen-bond donors (Lipinski definition) is 0. The molecule has 4 aliphatic carbocycles. The van der Waals surface area contributed by atoms with Crippen molar-refractivity contribution in [2.24, 2.45) is 29.6 Å². The zero-order valence-electron chi connectivity index (χ0n) is 16.5. The molecule has 0 aromatic carbocycles. The first-order chi connectivity index (χ1) is 12.7. The molecule has 0 aromatic rings. The lowest BCUT2D eigenvalue weighted by Crippen LogP contribution is -2.19. The molecule has 0 N–H and O–H groups in total. The van der Waals surface area contributed by atoms with Crippen molar-refractivity contribution in [1.82, 2.24) is 0 Å². The second-order valence-electron chi connectivity index (χ2n) is 8.91. The van der Waals surface area contributed by atoms with Crippen molar-refractivity contribution in [1.29, 1.82) is 0 Å². The summed E-state index contributed by atoms with van der Waals surface area (Å²) in [6.07, 6.45) is 30.7. The van der Waals surface area contributed by atoms with Crippen LogP contribution in [0.5, 0.6) is 0 Å². The highest BCUT2D eigenvalue weighted by molar-refractivity contribution is 5.41. The molecule has 5 unspecified atom stereocenters. The van der Waals surface area contributed by atoms with Crippen LogP contribution in [0.2, 0.25) is 0 Å². The zero-order valence-corrected chi connectivity index (χ0v) is 16.5. The maximum atomic E-state index is 2.61. The van der Waals surface area contributed by atoms with Crippen molar-refractivity contribution in [3.05, 3.63) is 71.4 Å². The first-order valence-corrected chi connectivity index (χ1v) is 10.9. The van der Waals surface area contributed by atoms with Gasteiger partial charge in [-0.15, -0.1) is 0 Å². The Hall–Kier alpha value is -1.56. The molecular weight excluding hydrogens is 312 g/mol. The lowest BCUT2D eigenvalue weighted by molar-refractivity contribution is 0.392. The molecule has 0 nitrogen and oxygen atoms in total. The lowest BCUT2D eigenvalue weighted by atomic mass is 9.74. The number of allylic oxidation sites excluding steroid dienone is 12. The Morgan fingerprint density at radius 3 is 2.54 bits per heavy atom. The normalized spacial score (nSPS) is 33.9. The first kappa shape index (κ1) is 17.8. The van der Waals surface area contributed by atoms with E-state index in [1.165, 1.54) is 44.9 Å². The first-order valence-electron chi connectivity index (χ1n) is 10.9. The van der Waals surface area contributed by atoms with Crippen molar-refractivity contribution in [3.8, 4) is 0 Å². The third-order valence-electron chi connectivity index (χ3n) is 7.05. The Morgan fingerprint density at radius 2 is 1.77 bits per heavy atom. The molecule has 0 amide bonds. The summed E-state index contributed by atoms with van der Waals surface area (Å²) in [5, 5.41) is 0. The fourth-order valence-electron chi connectivity index (χ4n) is 5.62. The summed E-state index contributed by atoms with van der Waals surface area (Å²) in [5.41, 5.74) is 5.20. The molecule has 4 rings (SSSR count). The minimum atomic E-state index is 0.660. The fraction of sp³-hybridized carbons (Fsp3) is 0.538. The van der Waals surface area contributed by atoms with Gasteiger partial charge >= 0.3 is 0 Å². The van der Waals surface area contributed by atoms with Gasteiger partial charge in [-0.25, -0.2) is 0 Å². The van der Waals surface area contributed by atoms with Gasteiger partial charge in [0, 0.05) is 5.92 Å². The molecule has 138 valence electrons. The summed E-state index contributed by atoms with van der Waals surface area (Å²) in [6, 6.07) is 0. The van der Waals surface area contributed by atoms with Gasteiger partial charge in [0.2, 0.25) is 0 Å². The summed E-state index contributed by atoms with van der Waals surface area (Å²) in [5.74, 6) is 3.40. The minimum absolute atomic E-state index is 0.660. The third-order valence-corrected chi connectivity index (χ3v) is 7.05. The molecule has 0 aromatic heterocycles. The molecule has 26 heavy (non-hydrogen) atoms. The van der Waals surface area contributed by atoms with Crippen LogP contribution in [0, 0.1) is 29.6 Å². The van der Waals surface area contributed by atoms with E-state index >= 15 is 0 Å². The quantitative estimate of drug-likeness (QED) is 0.467. The molecular formula is C26H34. The molecule has 1 fully saturated rings. The average Bonchev–Trinajstić information content (AvgIpc) is 3.08. The monoisotopic (exact) mass is 346 g/mol. The van der Waals surface area contributed by atoms with E-state index in [2.05, 4.69) is 68.5 Å². The Bertz CT molecular complexity index is 686. The maximum absolute atomic E-state index is 2.61. The van der Waals surface area contributed by atoms with E-state index in [1.54, 1.807) is 5.57 Å². The van der Waals surface area contributed by atoms with Crippen LogP contribution in [0.15, 0.2) is 71.4 Å². The smallest absolute Gasteiger partial charge is 0.00268 e. The molecule has 0 saturated heterocycles. The SMILES string of the molecule is CC(CC1C=CC=CC1C)C(=C1CCCCC1)C1C=C2C=CC=CC2C1. The molecule has 1 saturated carbocycles. The van der Waals surface area contributed by atoms with Crippen molar-refractivity contribution in [2.75, 3.05) is 0 Å². The van der Waals surface area contributed by atoms with Crippen LogP contribution >= 0.6 is 0 Å². The number of rotatable bonds is 4. The zero-order chi connectivity index (χ0) is 17.9. The predicted octanol–water partition coefficient (Wildman–Crippen LogP) is 7.34. The van der Waals surface area contributed by atoms with Gasteiger partial charge in [0.05, 0.1) is 0 Å². The number of fused-ring (bicyclic) bond motifs is 1. The van der Waals surface area contributed by atoms with Crippen molar-refractivity contribution in [3.63, 3.8) is 0 Å². The Kier molecular flexibility index (Phi) is 5.48. The average molecular weight is 347 g/mol. The highest BCUT2D eigenvalue weighted by Gasteiger charge is 2.32. The van der Waals surface area contributed by atoms with E-state index in [1.807, 2.05) is 11.1 Å². The molecule has 0 radical (unpaired) electrons. The van der Waals surface area contributed by atoms with Crippen molar-refractivity contribution >= 4 is 0 Å². The van der Waals surface area contributed by atoms with Gasteiger partial charge < -0.3 is 0 Å². The molecule has 0 heteroatoms. The largest absolute Gasteiger partial charge is 0.0811 e. The van der Waals surface area contributed by atoms with Crippen LogP contribution in [0.1, 0.15) is 58.8 Å². The van der Waals surface area contributed by atoms with Gasteiger partial charge in [-0.05, 0) is 67.8 Å². The van der Waals surface area contributed by atoms with E-state index in [0.717, 1.165) is 0 Å². The second kappa shape index (κ2) is 7.99. The Morgan fingerprint density at radius 1 is 1.00 bits per heavy atom. The van der Waals surface area contributed by atoms with Crippen LogP contribution in [-0.2, 0) is 0 Å². The van der Waals surface area contributed by atoms with Crippen LogP contribution in [0.3, 0.4) is 0 Å². The number of hydrogen-bond acceptors (Lipinski definition) is 0. The molecule has 5 atom stereocenters. The lowest BCUT2D eigenvalue weighted by Gasteiger charge is -2.31. The summed E-state index contributed by atoms with van der Waals surface area (Å²) >= 11 is 0. The fourth-order valence-corrected chi connectivity index (χ4v) is 5.62. The Balaban J connectivity index is 1.58. The molecule has 0 aliphatic heterocycles.